The molecule has 1 unspecified atom stereocenters. The number of hydrogen-bond donors (Lipinski definition) is 2. The Kier molecular flexibility index (Phi) is 7.39. The summed E-state index contributed by atoms with van der Waals surface area (Å²) in [5, 5.41) is 6.84. The number of hydrogen-bond acceptors (Lipinski definition) is 3. The van der Waals surface area contributed by atoms with E-state index in [1.165, 1.54) is 6.42 Å². The average molecular weight is 371 g/mol. The van der Waals surface area contributed by atoms with Crippen molar-refractivity contribution in [1.82, 2.24) is 25.2 Å². The highest BCUT2D eigenvalue weighted by atomic mass is 15.2. The standard InChI is InChI=1S/C21H34N6/c1-7-22-20(26-16(2)10-11-21(4,5)6)25-15-18-8-9-19(24-14-18)27-13-12-23-17(27)3/h8-9,12-14,16H,7,10-11,15H2,1-6H3,(H2,22,25,26). The van der Waals surface area contributed by atoms with Gasteiger partial charge in [0.25, 0.3) is 0 Å². The highest BCUT2D eigenvalue weighted by molar-refractivity contribution is 5.80. The quantitative estimate of drug-likeness (QED) is 0.574. The van der Waals surface area contributed by atoms with Crippen molar-refractivity contribution in [2.45, 2.75) is 67.0 Å². The molecule has 27 heavy (non-hydrogen) atoms. The number of imidazole rings is 1. The van der Waals surface area contributed by atoms with Gasteiger partial charge < -0.3 is 10.6 Å². The molecule has 0 spiro atoms. The maximum absolute atomic E-state index is 4.71. The van der Waals surface area contributed by atoms with Gasteiger partial charge in [-0.15, -0.1) is 0 Å². The molecule has 0 radical (unpaired) electrons. The molecule has 2 N–H and O–H groups in total. The first-order valence-electron chi connectivity index (χ1n) is 9.78. The van der Waals surface area contributed by atoms with Crippen LogP contribution in [0, 0.1) is 12.3 Å². The molecule has 6 heteroatoms. The Morgan fingerprint density at radius 3 is 2.59 bits per heavy atom. The first kappa shape index (κ1) is 20.9. The number of aryl methyl sites for hydroxylation is 1. The molecule has 2 aromatic rings. The van der Waals surface area contributed by atoms with Crippen LogP contribution in [0.1, 0.15) is 58.8 Å². The van der Waals surface area contributed by atoms with E-state index < -0.39 is 0 Å². The Morgan fingerprint density at radius 1 is 1.26 bits per heavy atom. The fraction of sp³-hybridized carbons (Fsp3) is 0.571. The molecule has 2 aromatic heterocycles. The second-order valence-electron chi connectivity index (χ2n) is 8.21. The van der Waals surface area contributed by atoms with Crippen molar-refractivity contribution >= 4 is 5.96 Å². The maximum atomic E-state index is 4.71. The van der Waals surface area contributed by atoms with Crippen LogP contribution in [-0.4, -0.2) is 33.1 Å². The molecule has 0 saturated carbocycles. The zero-order valence-corrected chi connectivity index (χ0v) is 17.6. The third-order valence-electron chi connectivity index (χ3n) is 4.36. The second-order valence-corrected chi connectivity index (χ2v) is 8.21. The van der Waals surface area contributed by atoms with Gasteiger partial charge >= 0.3 is 0 Å². The summed E-state index contributed by atoms with van der Waals surface area (Å²) >= 11 is 0. The van der Waals surface area contributed by atoms with Gasteiger partial charge in [0.05, 0.1) is 6.54 Å². The molecular formula is C21H34N6. The summed E-state index contributed by atoms with van der Waals surface area (Å²) in [6.07, 6.45) is 7.88. The van der Waals surface area contributed by atoms with Crippen LogP contribution in [0.15, 0.2) is 35.7 Å². The van der Waals surface area contributed by atoms with E-state index in [4.69, 9.17) is 4.99 Å². The lowest BCUT2D eigenvalue weighted by Gasteiger charge is -2.23. The van der Waals surface area contributed by atoms with Crippen LogP contribution in [-0.2, 0) is 6.54 Å². The minimum absolute atomic E-state index is 0.354. The summed E-state index contributed by atoms with van der Waals surface area (Å²) in [5.74, 6) is 2.66. The predicted molar refractivity (Wildman–Crippen MR) is 112 cm³/mol. The SMILES string of the molecule is CCNC(=NCc1ccc(-n2ccnc2C)nc1)NC(C)CCC(C)(C)C. The van der Waals surface area contributed by atoms with Gasteiger partial charge in [-0.2, -0.15) is 0 Å². The van der Waals surface area contributed by atoms with Crippen LogP contribution >= 0.6 is 0 Å². The molecule has 0 bridgehead atoms. The molecule has 0 aliphatic rings. The molecule has 6 nitrogen and oxygen atoms in total. The monoisotopic (exact) mass is 370 g/mol. The van der Waals surface area contributed by atoms with Gasteiger partial charge in [0.2, 0.25) is 0 Å². The largest absolute Gasteiger partial charge is 0.357 e. The highest BCUT2D eigenvalue weighted by Gasteiger charge is 2.13. The van der Waals surface area contributed by atoms with Crippen molar-refractivity contribution in [3.8, 4) is 5.82 Å². The third-order valence-corrected chi connectivity index (χ3v) is 4.36. The normalized spacial score (nSPS) is 13.5. The molecule has 0 saturated heterocycles. The minimum atomic E-state index is 0.354. The molecule has 0 aliphatic heterocycles. The van der Waals surface area contributed by atoms with Crippen LogP contribution in [0.3, 0.4) is 0 Å². The number of nitrogens with one attached hydrogen (secondary N) is 2. The van der Waals surface area contributed by atoms with E-state index in [0.29, 0.717) is 18.0 Å². The molecule has 0 aromatic carbocycles. The van der Waals surface area contributed by atoms with Gasteiger partial charge in [-0.3, -0.25) is 4.57 Å². The molecule has 0 fully saturated rings. The van der Waals surface area contributed by atoms with Crippen molar-refractivity contribution in [2.24, 2.45) is 10.4 Å². The van der Waals surface area contributed by atoms with Gasteiger partial charge in [-0.25, -0.2) is 15.0 Å². The summed E-state index contributed by atoms with van der Waals surface area (Å²) < 4.78 is 1.97. The van der Waals surface area contributed by atoms with Crippen LogP contribution in [0.4, 0.5) is 0 Å². The number of aromatic nitrogens is 3. The summed E-state index contributed by atoms with van der Waals surface area (Å²) in [4.78, 5) is 13.5. The van der Waals surface area contributed by atoms with E-state index in [-0.39, 0.29) is 0 Å². The Hall–Kier alpha value is -2.37. The summed E-state index contributed by atoms with van der Waals surface area (Å²) in [5.41, 5.74) is 1.43. The van der Waals surface area contributed by atoms with E-state index in [2.05, 4.69) is 61.3 Å². The van der Waals surface area contributed by atoms with Crippen molar-refractivity contribution in [2.75, 3.05) is 6.54 Å². The molecular weight excluding hydrogens is 336 g/mol. The predicted octanol–water partition coefficient (Wildman–Crippen LogP) is 3.85. The fourth-order valence-electron chi connectivity index (χ4n) is 2.72. The Bertz CT molecular complexity index is 724. The number of pyridine rings is 1. The lowest BCUT2D eigenvalue weighted by molar-refractivity contribution is 0.346. The van der Waals surface area contributed by atoms with Gasteiger partial charge in [-0.1, -0.05) is 26.8 Å². The van der Waals surface area contributed by atoms with Crippen LogP contribution in [0.5, 0.6) is 0 Å². The lowest BCUT2D eigenvalue weighted by atomic mass is 9.89. The van der Waals surface area contributed by atoms with Crippen LogP contribution in [0.25, 0.3) is 5.82 Å². The molecule has 2 heterocycles. The third kappa shape index (κ3) is 7.04. The van der Waals surface area contributed by atoms with E-state index in [1.807, 2.05) is 30.0 Å². The first-order valence-corrected chi connectivity index (χ1v) is 9.78. The Morgan fingerprint density at radius 2 is 2.04 bits per heavy atom. The van der Waals surface area contributed by atoms with Gasteiger partial charge in [-0.05, 0) is 50.7 Å². The zero-order chi connectivity index (χ0) is 19.9. The number of aliphatic imine (C=N–C) groups is 1. The topological polar surface area (TPSA) is 67.1 Å². The first-order chi connectivity index (χ1) is 12.8. The summed E-state index contributed by atoms with van der Waals surface area (Å²) in [6.45, 7) is 14.5. The Labute approximate surface area is 163 Å². The molecule has 2 rings (SSSR count). The van der Waals surface area contributed by atoms with E-state index in [9.17, 15) is 0 Å². The number of nitrogens with zero attached hydrogens (tertiary/aromatic N) is 4. The minimum Gasteiger partial charge on any atom is -0.357 e. The maximum Gasteiger partial charge on any atom is 0.191 e. The molecule has 0 amide bonds. The second kappa shape index (κ2) is 9.53. The van der Waals surface area contributed by atoms with Crippen molar-refractivity contribution in [1.29, 1.82) is 0 Å². The number of rotatable bonds is 7. The van der Waals surface area contributed by atoms with E-state index >= 15 is 0 Å². The van der Waals surface area contributed by atoms with Crippen LogP contribution < -0.4 is 10.6 Å². The fourth-order valence-corrected chi connectivity index (χ4v) is 2.72. The van der Waals surface area contributed by atoms with Gasteiger partial charge in [0, 0.05) is 31.2 Å². The summed E-state index contributed by atoms with van der Waals surface area (Å²) in [6, 6.07) is 4.45. The average Bonchev–Trinajstić information content (AvgIpc) is 3.04. The van der Waals surface area contributed by atoms with Crippen molar-refractivity contribution < 1.29 is 0 Å². The van der Waals surface area contributed by atoms with E-state index in [1.54, 1.807) is 6.20 Å². The van der Waals surface area contributed by atoms with Crippen molar-refractivity contribution in [3.05, 3.63) is 42.1 Å². The van der Waals surface area contributed by atoms with E-state index in [0.717, 1.165) is 36.1 Å². The van der Waals surface area contributed by atoms with Crippen LogP contribution in [0.2, 0.25) is 0 Å². The van der Waals surface area contributed by atoms with Gasteiger partial charge in [0.15, 0.2) is 5.96 Å². The number of guanidine groups is 1. The highest BCUT2D eigenvalue weighted by Crippen LogP contribution is 2.21. The molecule has 1 atom stereocenters. The summed E-state index contributed by atoms with van der Waals surface area (Å²) in [7, 11) is 0. The Balaban J connectivity index is 1.96. The molecule has 148 valence electrons. The van der Waals surface area contributed by atoms with Crippen molar-refractivity contribution in [3.63, 3.8) is 0 Å². The zero-order valence-electron chi connectivity index (χ0n) is 17.6. The smallest absolute Gasteiger partial charge is 0.191 e. The van der Waals surface area contributed by atoms with Gasteiger partial charge in [0.1, 0.15) is 11.6 Å². The lowest BCUT2D eigenvalue weighted by Crippen LogP contribution is -2.42. The molecule has 0 aliphatic carbocycles.